The summed E-state index contributed by atoms with van der Waals surface area (Å²) >= 11 is 0. The molecule has 7 heteroatoms. The van der Waals surface area contributed by atoms with E-state index in [1.165, 1.54) is 32.1 Å². The second kappa shape index (κ2) is 9.26. The smallest absolute Gasteiger partial charge is 0.229 e. The van der Waals surface area contributed by atoms with E-state index in [2.05, 4.69) is 10.1 Å². The average Bonchev–Trinajstić information content (AvgIpc) is 3.27. The maximum Gasteiger partial charge on any atom is 0.229 e. The van der Waals surface area contributed by atoms with Gasteiger partial charge in [0.05, 0.1) is 6.04 Å². The molecule has 4 rings (SSSR count). The van der Waals surface area contributed by atoms with Crippen LogP contribution in [0.25, 0.3) is 0 Å². The number of aromatic nitrogens is 2. The fraction of sp³-hybridized carbons (Fsp3) is 0.818. The van der Waals surface area contributed by atoms with Gasteiger partial charge in [0.15, 0.2) is 5.82 Å². The first-order valence-electron chi connectivity index (χ1n) is 11.5. The minimum absolute atomic E-state index is 0.0532. The Kier molecular flexibility index (Phi) is 6.50. The van der Waals surface area contributed by atoms with Crippen molar-refractivity contribution in [3.05, 3.63) is 11.7 Å². The van der Waals surface area contributed by atoms with Crippen LogP contribution in [0.15, 0.2) is 4.52 Å². The summed E-state index contributed by atoms with van der Waals surface area (Å²) < 4.78 is 5.31. The van der Waals surface area contributed by atoms with Crippen LogP contribution >= 0.6 is 0 Å². The zero-order valence-electron chi connectivity index (χ0n) is 17.6. The van der Waals surface area contributed by atoms with Crippen molar-refractivity contribution in [2.75, 3.05) is 19.6 Å². The molecular weight excluding hydrogens is 368 g/mol. The third-order valence-corrected chi connectivity index (χ3v) is 6.84. The number of amides is 2. The largest absolute Gasteiger partial charge is 0.341 e. The molecule has 0 spiro atoms. The molecule has 1 unspecified atom stereocenters. The second-order valence-electron chi connectivity index (χ2n) is 9.11. The lowest BCUT2D eigenvalue weighted by Gasteiger charge is -2.28. The lowest BCUT2D eigenvalue weighted by molar-refractivity contribution is -0.133. The zero-order valence-corrected chi connectivity index (χ0v) is 17.6. The number of rotatable bonds is 8. The number of carbonyl (C=O) groups excluding carboxylic acids is 2. The van der Waals surface area contributed by atoms with E-state index in [0.717, 1.165) is 44.0 Å². The Balaban J connectivity index is 1.24. The standard InChI is InChI=1S/C22H34N4O3/c1-16(27)26(14-12-20-23-22(29-24-20)18-8-9-18)19-11-13-25(15-19)21(28)10-7-17-5-3-2-4-6-17/h17-19H,2-15H2,1H3. The molecule has 1 saturated heterocycles. The molecule has 1 atom stereocenters. The van der Waals surface area contributed by atoms with E-state index in [4.69, 9.17) is 4.52 Å². The van der Waals surface area contributed by atoms with E-state index >= 15 is 0 Å². The summed E-state index contributed by atoms with van der Waals surface area (Å²) in [5, 5.41) is 4.06. The van der Waals surface area contributed by atoms with Gasteiger partial charge >= 0.3 is 0 Å². The quantitative estimate of drug-likeness (QED) is 0.666. The van der Waals surface area contributed by atoms with Gasteiger partial charge in [-0.05, 0) is 31.6 Å². The molecule has 0 N–H and O–H groups in total. The van der Waals surface area contributed by atoms with Gasteiger partial charge in [0.2, 0.25) is 17.7 Å². The molecular formula is C22H34N4O3. The average molecular weight is 403 g/mol. The topological polar surface area (TPSA) is 79.5 Å². The summed E-state index contributed by atoms with van der Waals surface area (Å²) in [5.74, 6) is 2.91. The highest BCUT2D eigenvalue weighted by Gasteiger charge is 2.33. The van der Waals surface area contributed by atoms with Crippen molar-refractivity contribution in [1.29, 1.82) is 0 Å². The number of hydrogen-bond acceptors (Lipinski definition) is 5. The fourth-order valence-corrected chi connectivity index (χ4v) is 4.87. The number of carbonyl (C=O) groups is 2. The molecule has 2 saturated carbocycles. The molecule has 2 amide bonds. The molecule has 1 aromatic heterocycles. The van der Waals surface area contributed by atoms with E-state index in [1.807, 2.05) is 9.80 Å². The van der Waals surface area contributed by atoms with Crippen molar-refractivity contribution in [3.63, 3.8) is 0 Å². The summed E-state index contributed by atoms with van der Waals surface area (Å²) in [6.07, 6.45) is 12.0. The van der Waals surface area contributed by atoms with Crippen molar-refractivity contribution in [1.82, 2.24) is 19.9 Å². The van der Waals surface area contributed by atoms with Gasteiger partial charge < -0.3 is 14.3 Å². The van der Waals surface area contributed by atoms with E-state index in [9.17, 15) is 9.59 Å². The lowest BCUT2D eigenvalue weighted by Crippen LogP contribution is -2.42. The highest BCUT2D eigenvalue weighted by molar-refractivity contribution is 5.77. The molecule has 0 bridgehead atoms. The van der Waals surface area contributed by atoms with Gasteiger partial charge in [-0.15, -0.1) is 0 Å². The van der Waals surface area contributed by atoms with Gasteiger partial charge in [0.1, 0.15) is 0 Å². The molecule has 2 heterocycles. The molecule has 1 aromatic rings. The first-order valence-corrected chi connectivity index (χ1v) is 11.5. The predicted molar refractivity (Wildman–Crippen MR) is 108 cm³/mol. The van der Waals surface area contributed by atoms with Crippen LogP contribution in [-0.4, -0.2) is 57.4 Å². The second-order valence-corrected chi connectivity index (χ2v) is 9.11. The Hall–Kier alpha value is -1.92. The first-order chi connectivity index (χ1) is 14.1. The van der Waals surface area contributed by atoms with Crippen LogP contribution in [0, 0.1) is 5.92 Å². The Morgan fingerprint density at radius 2 is 1.93 bits per heavy atom. The SMILES string of the molecule is CC(=O)N(CCc1noc(C2CC2)n1)C1CCN(C(=O)CCC2CCCCC2)C1. The Labute approximate surface area is 173 Å². The van der Waals surface area contributed by atoms with Gasteiger partial charge in [-0.25, -0.2) is 0 Å². The van der Waals surface area contributed by atoms with Crippen LogP contribution < -0.4 is 0 Å². The highest BCUT2D eigenvalue weighted by Crippen LogP contribution is 2.38. The third kappa shape index (κ3) is 5.37. The number of hydrogen-bond donors (Lipinski definition) is 0. The Morgan fingerprint density at radius 1 is 1.14 bits per heavy atom. The van der Waals surface area contributed by atoms with E-state index < -0.39 is 0 Å². The van der Waals surface area contributed by atoms with E-state index in [1.54, 1.807) is 6.92 Å². The monoisotopic (exact) mass is 402 g/mol. The van der Waals surface area contributed by atoms with Crippen LogP contribution in [0.1, 0.15) is 88.8 Å². The Morgan fingerprint density at radius 3 is 2.66 bits per heavy atom. The van der Waals surface area contributed by atoms with E-state index in [-0.39, 0.29) is 17.9 Å². The Bertz CT molecular complexity index is 709. The van der Waals surface area contributed by atoms with Crippen LogP contribution in [-0.2, 0) is 16.0 Å². The minimum atomic E-state index is 0.0532. The van der Waals surface area contributed by atoms with Crippen LogP contribution in [0.3, 0.4) is 0 Å². The van der Waals surface area contributed by atoms with Crippen LogP contribution in [0.2, 0.25) is 0 Å². The third-order valence-electron chi connectivity index (χ3n) is 6.84. The molecule has 3 fully saturated rings. The number of likely N-dealkylation sites (tertiary alicyclic amines) is 1. The van der Waals surface area contributed by atoms with E-state index in [0.29, 0.717) is 37.7 Å². The maximum absolute atomic E-state index is 12.7. The molecule has 0 radical (unpaired) electrons. The van der Waals surface area contributed by atoms with Crippen molar-refractivity contribution >= 4 is 11.8 Å². The molecule has 0 aromatic carbocycles. The minimum Gasteiger partial charge on any atom is -0.341 e. The van der Waals surface area contributed by atoms with Gasteiger partial charge in [0.25, 0.3) is 0 Å². The normalized spacial score (nSPS) is 22.8. The predicted octanol–water partition coefficient (Wildman–Crippen LogP) is 3.30. The molecule has 3 aliphatic rings. The molecule has 160 valence electrons. The summed E-state index contributed by atoms with van der Waals surface area (Å²) in [7, 11) is 0. The molecule has 29 heavy (non-hydrogen) atoms. The van der Waals surface area contributed by atoms with Gasteiger partial charge in [-0.1, -0.05) is 37.3 Å². The summed E-state index contributed by atoms with van der Waals surface area (Å²) in [6, 6.07) is 0.0981. The highest BCUT2D eigenvalue weighted by atomic mass is 16.5. The van der Waals surface area contributed by atoms with Crippen LogP contribution in [0.4, 0.5) is 0 Å². The number of nitrogens with zero attached hydrogens (tertiary/aromatic N) is 4. The zero-order chi connectivity index (χ0) is 20.2. The molecule has 1 aliphatic heterocycles. The van der Waals surface area contributed by atoms with Crippen molar-refractivity contribution in [2.45, 2.75) is 89.5 Å². The van der Waals surface area contributed by atoms with Gasteiger partial charge in [-0.2, -0.15) is 4.98 Å². The summed E-state index contributed by atoms with van der Waals surface area (Å²) in [6.45, 7) is 3.60. The van der Waals surface area contributed by atoms with Crippen molar-refractivity contribution in [2.24, 2.45) is 5.92 Å². The van der Waals surface area contributed by atoms with Crippen LogP contribution in [0.5, 0.6) is 0 Å². The molecule has 7 nitrogen and oxygen atoms in total. The first kappa shape index (κ1) is 20.4. The molecule has 2 aliphatic carbocycles. The summed E-state index contributed by atoms with van der Waals surface area (Å²) in [4.78, 5) is 33.2. The van der Waals surface area contributed by atoms with Gasteiger partial charge in [0, 0.05) is 45.3 Å². The van der Waals surface area contributed by atoms with Crippen molar-refractivity contribution in [3.8, 4) is 0 Å². The summed E-state index contributed by atoms with van der Waals surface area (Å²) in [5.41, 5.74) is 0. The fourth-order valence-electron chi connectivity index (χ4n) is 4.87. The lowest BCUT2D eigenvalue weighted by atomic mass is 9.86. The van der Waals surface area contributed by atoms with Crippen molar-refractivity contribution < 1.29 is 14.1 Å². The maximum atomic E-state index is 12.7. The van der Waals surface area contributed by atoms with Gasteiger partial charge in [-0.3, -0.25) is 9.59 Å².